The number of carboxylic acids is 1. The number of hydrogen-bond donors (Lipinski definition) is 2. The Morgan fingerprint density at radius 3 is 2.29 bits per heavy atom. The van der Waals surface area contributed by atoms with Crippen LogP contribution in [0.25, 0.3) is 21.6 Å². The van der Waals surface area contributed by atoms with Gasteiger partial charge in [0.1, 0.15) is 0 Å². The van der Waals surface area contributed by atoms with Crippen LogP contribution in [-0.2, 0) is 10.2 Å². The third-order valence-corrected chi connectivity index (χ3v) is 6.42. The highest BCUT2D eigenvalue weighted by atomic mass is 35.5. The van der Waals surface area contributed by atoms with Crippen LogP contribution in [0.4, 0.5) is 11.4 Å². The lowest BCUT2D eigenvalue weighted by molar-refractivity contribution is -0.384. The number of hydrogen-bond acceptors (Lipinski definition) is 5. The van der Waals surface area contributed by atoms with Crippen LogP contribution in [0, 0.1) is 10.1 Å². The van der Waals surface area contributed by atoms with Gasteiger partial charge < -0.3 is 10.8 Å². The molecule has 3 N–H and O–H groups in total. The third kappa shape index (κ3) is 3.02. The fraction of sp³-hybridized carbons (Fsp3) is 0.150. The number of nitrogen functional groups attached to an aromatic ring is 1. The summed E-state index contributed by atoms with van der Waals surface area (Å²) in [7, 11) is 0. The van der Waals surface area contributed by atoms with E-state index in [0.29, 0.717) is 44.4 Å². The van der Waals surface area contributed by atoms with Crippen molar-refractivity contribution in [1.82, 2.24) is 0 Å². The van der Waals surface area contributed by atoms with Crippen molar-refractivity contribution in [3.63, 3.8) is 0 Å². The molecule has 2 aromatic carbocycles. The second-order valence-electron chi connectivity index (χ2n) is 6.79. The summed E-state index contributed by atoms with van der Waals surface area (Å²) in [5.41, 5.74) is 8.04. The van der Waals surface area contributed by atoms with Crippen LogP contribution in [-0.4, -0.2) is 16.0 Å². The van der Waals surface area contributed by atoms with Crippen molar-refractivity contribution in [2.45, 2.75) is 18.3 Å². The Labute approximate surface area is 169 Å². The largest absolute Gasteiger partial charge is 0.481 e. The molecule has 0 amide bonds. The van der Waals surface area contributed by atoms with Crippen molar-refractivity contribution in [2.75, 3.05) is 5.73 Å². The molecule has 0 bridgehead atoms. The quantitative estimate of drug-likeness (QED) is 0.432. The predicted molar refractivity (Wildman–Crippen MR) is 110 cm³/mol. The van der Waals surface area contributed by atoms with Crippen molar-refractivity contribution < 1.29 is 14.8 Å². The van der Waals surface area contributed by atoms with E-state index >= 15 is 0 Å². The second-order valence-corrected chi connectivity index (χ2v) is 8.47. The number of thiophene rings is 1. The lowest BCUT2D eigenvalue weighted by atomic mass is 9.93. The number of aliphatic carboxylic acids is 1. The Kier molecular flexibility index (Phi) is 4.36. The maximum Gasteiger partial charge on any atom is 0.314 e. The minimum absolute atomic E-state index is 0.0476. The van der Waals surface area contributed by atoms with Gasteiger partial charge in [0.2, 0.25) is 0 Å². The summed E-state index contributed by atoms with van der Waals surface area (Å²) in [5, 5.41) is 21.1. The predicted octanol–water partition coefficient (Wildman–Crippen LogP) is 5.34. The molecule has 6 nitrogen and oxygen atoms in total. The van der Waals surface area contributed by atoms with Crippen LogP contribution in [0.3, 0.4) is 0 Å². The first-order valence-electron chi connectivity index (χ1n) is 8.50. The molecule has 0 saturated heterocycles. The Morgan fingerprint density at radius 1 is 1.14 bits per heavy atom. The van der Waals surface area contributed by atoms with E-state index in [0.717, 1.165) is 5.56 Å². The number of nitro groups is 1. The molecule has 28 heavy (non-hydrogen) atoms. The zero-order valence-electron chi connectivity index (χ0n) is 14.5. The van der Waals surface area contributed by atoms with Gasteiger partial charge in [0, 0.05) is 11.6 Å². The molecule has 4 rings (SSSR count). The highest BCUT2D eigenvalue weighted by molar-refractivity contribution is 7.20. The van der Waals surface area contributed by atoms with E-state index in [-0.39, 0.29) is 5.69 Å². The molecule has 1 aliphatic carbocycles. The third-order valence-electron chi connectivity index (χ3n) is 5.10. The van der Waals surface area contributed by atoms with E-state index in [2.05, 4.69) is 0 Å². The molecule has 142 valence electrons. The molecule has 0 spiro atoms. The average Bonchev–Trinajstić information content (AvgIpc) is 3.41. The molecule has 3 aromatic rings. The van der Waals surface area contributed by atoms with Gasteiger partial charge in [-0.25, -0.2) is 0 Å². The number of anilines is 1. The second kappa shape index (κ2) is 6.61. The van der Waals surface area contributed by atoms with Crippen molar-refractivity contribution >= 4 is 40.3 Å². The highest BCUT2D eigenvalue weighted by Crippen LogP contribution is 2.49. The van der Waals surface area contributed by atoms with Gasteiger partial charge in [0.25, 0.3) is 5.69 Å². The maximum atomic E-state index is 11.7. The molecular formula is C20H15ClN2O4S. The van der Waals surface area contributed by atoms with Crippen LogP contribution < -0.4 is 5.73 Å². The van der Waals surface area contributed by atoms with Gasteiger partial charge in [-0.1, -0.05) is 41.9 Å². The standard InChI is InChI=1S/C20H15ClN2O4S/c21-17-10-15(22)18(28-17)12-3-6-14(16(9-12)23(26)27)11-1-4-13(5-2-11)20(7-8-20)19(24)25/h1-6,9-10H,7-8,22H2,(H,24,25). The first kappa shape index (κ1) is 18.5. The van der Waals surface area contributed by atoms with E-state index in [9.17, 15) is 20.0 Å². The zero-order valence-corrected chi connectivity index (χ0v) is 16.1. The Hall–Kier alpha value is -2.90. The van der Waals surface area contributed by atoms with Crippen molar-refractivity contribution in [3.8, 4) is 21.6 Å². The number of benzene rings is 2. The monoisotopic (exact) mass is 414 g/mol. The minimum atomic E-state index is -0.831. The van der Waals surface area contributed by atoms with Crippen LogP contribution >= 0.6 is 22.9 Å². The molecule has 0 radical (unpaired) electrons. The lowest BCUT2D eigenvalue weighted by Gasteiger charge is -2.11. The van der Waals surface area contributed by atoms with Gasteiger partial charge in [-0.15, -0.1) is 11.3 Å². The number of nitrogens with zero attached hydrogens (tertiary/aromatic N) is 1. The van der Waals surface area contributed by atoms with E-state index in [1.807, 2.05) is 0 Å². The van der Waals surface area contributed by atoms with Gasteiger partial charge in [-0.2, -0.15) is 0 Å². The van der Waals surface area contributed by atoms with Crippen LogP contribution in [0.15, 0.2) is 48.5 Å². The minimum Gasteiger partial charge on any atom is -0.481 e. The number of nitro benzene ring substituents is 1. The van der Waals surface area contributed by atoms with Crippen LogP contribution in [0.1, 0.15) is 18.4 Å². The Balaban J connectivity index is 1.74. The van der Waals surface area contributed by atoms with Gasteiger partial charge in [0.05, 0.1) is 30.8 Å². The van der Waals surface area contributed by atoms with Gasteiger partial charge in [-0.05, 0) is 36.1 Å². The Bertz CT molecular complexity index is 1100. The molecule has 1 fully saturated rings. The molecule has 1 aromatic heterocycles. The van der Waals surface area contributed by atoms with Gasteiger partial charge in [0.15, 0.2) is 0 Å². The van der Waals surface area contributed by atoms with Gasteiger partial charge in [-0.3, -0.25) is 14.9 Å². The molecule has 1 heterocycles. The van der Waals surface area contributed by atoms with E-state index < -0.39 is 16.3 Å². The number of halogens is 1. The average molecular weight is 415 g/mol. The topological polar surface area (TPSA) is 106 Å². The molecule has 0 aliphatic heterocycles. The molecule has 1 aliphatic rings. The van der Waals surface area contributed by atoms with Crippen molar-refractivity contribution in [1.29, 1.82) is 0 Å². The lowest BCUT2D eigenvalue weighted by Crippen LogP contribution is -2.19. The van der Waals surface area contributed by atoms with Crippen molar-refractivity contribution in [3.05, 3.63) is 68.5 Å². The van der Waals surface area contributed by atoms with Crippen LogP contribution in [0.5, 0.6) is 0 Å². The summed E-state index contributed by atoms with van der Waals surface area (Å²) in [6.07, 6.45) is 1.22. The SMILES string of the molecule is Nc1cc(Cl)sc1-c1ccc(-c2ccc(C3(C(=O)O)CC3)cc2)c([N+](=O)[O-])c1. The fourth-order valence-corrected chi connectivity index (χ4v) is 4.54. The smallest absolute Gasteiger partial charge is 0.314 e. The molecule has 8 heteroatoms. The van der Waals surface area contributed by atoms with E-state index in [1.165, 1.54) is 17.4 Å². The number of nitrogens with two attached hydrogens (primary N) is 1. The van der Waals surface area contributed by atoms with Crippen molar-refractivity contribution in [2.24, 2.45) is 0 Å². The molecule has 0 atom stereocenters. The van der Waals surface area contributed by atoms with Gasteiger partial charge >= 0.3 is 5.97 Å². The molecular weight excluding hydrogens is 400 g/mol. The highest BCUT2D eigenvalue weighted by Gasteiger charge is 2.51. The van der Waals surface area contributed by atoms with Crippen LogP contribution in [0.2, 0.25) is 4.34 Å². The first-order valence-corrected chi connectivity index (χ1v) is 9.69. The van der Waals surface area contributed by atoms with E-state index in [1.54, 1.807) is 42.5 Å². The summed E-state index contributed by atoms with van der Waals surface area (Å²) in [4.78, 5) is 23.4. The number of rotatable bonds is 5. The first-order chi connectivity index (χ1) is 13.3. The summed E-state index contributed by atoms with van der Waals surface area (Å²) >= 11 is 7.25. The summed E-state index contributed by atoms with van der Waals surface area (Å²) in [6.45, 7) is 0. The zero-order chi connectivity index (χ0) is 20.1. The molecule has 1 saturated carbocycles. The summed E-state index contributed by atoms with van der Waals surface area (Å²) in [6, 6.07) is 13.5. The molecule has 0 unspecified atom stereocenters. The Morgan fingerprint density at radius 2 is 1.79 bits per heavy atom. The maximum absolute atomic E-state index is 11.7. The number of carboxylic acid groups (broad SMARTS) is 1. The normalized spacial score (nSPS) is 14.6. The summed E-state index contributed by atoms with van der Waals surface area (Å²) < 4.78 is 0.516. The van der Waals surface area contributed by atoms with E-state index in [4.69, 9.17) is 17.3 Å². The summed E-state index contributed by atoms with van der Waals surface area (Å²) in [5.74, 6) is -0.831. The number of carbonyl (C=O) groups is 1. The fourth-order valence-electron chi connectivity index (χ4n) is 3.39.